The summed E-state index contributed by atoms with van der Waals surface area (Å²) >= 11 is 0. The first-order valence-corrected chi connectivity index (χ1v) is 4.98. The fourth-order valence-corrected chi connectivity index (χ4v) is 1.36. The highest BCUT2D eigenvalue weighted by Crippen LogP contribution is 2.34. The molecule has 0 fully saturated rings. The van der Waals surface area contributed by atoms with Crippen LogP contribution >= 0.6 is 0 Å². The highest BCUT2D eigenvalue weighted by atomic mass is 19.4. The van der Waals surface area contributed by atoms with E-state index in [-0.39, 0.29) is 12.7 Å². The topological polar surface area (TPSA) is 59.2 Å². The van der Waals surface area contributed by atoms with Gasteiger partial charge in [-0.3, -0.25) is 4.79 Å². The highest BCUT2D eigenvalue weighted by Gasteiger charge is 2.39. The first-order chi connectivity index (χ1) is 8.68. The average molecular weight is 285 g/mol. The molecule has 0 aliphatic heterocycles. The van der Waals surface area contributed by atoms with Crippen LogP contribution in [0.25, 0.3) is 0 Å². The van der Waals surface area contributed by atoms with Crippen molar-refractivity contribution in [2.75, 3.05) is 6.61 Å². The Morgan fingerprint density at radius 3 is 2.42 bits per heavy atom. The number of carbonyl (C=O) groups excluding carboxylic acids is 1. The molecule has 0 aliphatic rings. The van der Waals surface area contributed by atoms with E-state index in [0.29, 0.717) is 0 Å². The summed E-state index contributed by atoms with van der Waals surface area (Å²) < 4.78 is 67.0. The Morgan fingerprint density at radius 2 is 2.00 bits per heavy atom. The molecule has 0 saturated carbocycles. The molecule has 1 aromatic rings. The lowest BCUT2D eigenvalue weighted by molar-refractivity contribution is -0.140. The molecule has 106 valence electrons. The predicted octanol–water partition coefficient (Wildman–Crippen LogP) is 2.51. The summed E-state index contributed by atoms with van der Waals surface area (Å²) in [6, 6.07) is 0.271. The molecule has 0 aliphatic carbocycles. The maximum atomic E-state index is 12.6. The third-order valence-electron chi connectivity index (χ3n) is 2.08. The van der Waals surface area contributed by atoms with E-state index in [1.54, 1.807) is 4.98 Å². The van der Waals surface area contributed by atoms with Gasteiger partial charge in [0.1, 0.15) is 11.3 Å². The molecule has 0 saturated heterocycles. The van der Waals surface area contributed by atoms with E-state index in [2.05, 4.69) is 4.74 Å². The van der Waals surface area contributed by atoms with Gasteiger partial charge in [0.25, 0.3) is 12.0 Å². The molecule has 19 heavy (non-hydrogen) atoms. The second-order valence-electron chi connectivity index (χ2n) is 3.36. The summed E-state index contributed by atoms with van der Waals surface area (Å²) in [5.41, 5.74) is -6.14. The molecule has 0 atom stereocenters. The summed E-state index contributed by atoms with van der Waals surface area (Å²) in [5, 5.41) is 0. The van der Waals surface area contributed by atoms with Crippen LogP contribution in [-0.2, 0) is 10.9 Å². The SMILES string of the molecule is CCOC(=O)c1cc(C(F)F)c(C(F)(F)F)c(=O)[nH]1. The van der Waals surface area contributed by atoms with Crippen molar-refractivity contribution in [2.24, 2.45) is 0 Å². The number of carbonyl (C=O) groups is 1. The number of alkyl halides is 5. The van der Waals surface area contributed by atoms with E-state index in [0.717, 1.165) is 0 Å². The number of H-pyrrole nitrogens is 1. The number of hydrogen-bond acceptors (Lipinski definition) is 3. The molecule has 9 heteroatoms. The van der Waals surface area contributed by atoms with Crippen molar-refractivity contribution in [3.8, 4) is 0 Å². The molecule has 0 radical (unpaired) electrons. The first kappa shape index (κ1) is 15.1. The number of hydrogen-bond donors (Lipinski definition) is 1. The van der Waals surface area contributed by atoms with Crippen LogP contribution in [0.2, 0.25) is 0 Å². The Labute approximate surface area is 103 Å². The molecule has 1 aromatic heterocycles. The lowest BCUT2D eigenvalue weighted by Crippen LogP contribution is -2.27. The van der Waals surface area contributed by atoms with E-state index >= 15 is 0 Å². The van der Waals surface area contributed by atoms with Gasteiger partial charge in [0.15, 0.2) is 0 Å². The van der Waals surface area contributed by atoms with Crippen LogP contribution in [0.5, 0.6) is 0 Å². The zero-order chi connectivity index (χ0) is 14.8. The molecule has 1 heterocycles. The number of nitrogens with one attached hydrogen (secondary N) is 1. The van der Waals surface area contributed by atoms with Crippen molar-refractivity contribution in [1.29, 1.82) is 0 Å². The second kappa shape index (κ2) is 5.37. The van der Waals surface area contributed by atoms with Crippen LogP contribution in [0.3, 0.4) is 0 Å². The van der Waals surface area contributed by atoms with Gasteiger partial charge in [-0.2, -0.15) is 13.2 Å². The van der Waals surface area contributed by atoms with Crippen molar-refractivity contribution in [2.45, 2.75) is 19.5 Å². The summed E-state index contributed by atoms with van der Waals surface area (Å²) in [6.07, 6.45) is -8.79. The van der Waals surface area contributed by atoms with E-state index in [4.69, 9.17) is 0 Å². The normalized spacial score (nSPS) is 11.7. The highest BCUT2D eigenvalue weighted by molar-refractivity contribution is 5.87. The monoisotopic (exact) mass is 285 g/mol. The lowest BCUT2D eigenvalue weighted by atomic mass is 10.1. The molecule has 0 unspecified atom stereocenters. The van der Waals surface area contributed by atoms with Gasteiger partial charge in [0, 0.05) is 5.56 Å². The third-order valence-corrected chi connectivity index (χ3v) is 2.08. The van der Waals surface area contributed by atoms with Gasteiger partial charge in [-0.15, -0.1) is 0 Å². The fourth-order valence-electron chi connectivity index (χ4n) is 1.36. The van der Waals surface area contributed by atoms with Gasteiger partial charge < -0.3 is 9.72 Å². The van der Waals surface area contributed by atoms with Crippen LogP contribution in [0, 0.1) is 0 Å². The number of esters is 1. The van der Waals surface area contributed by atoms with Gasteiger partial charge in [-0.1, -0.05) is 0 Å². The molecule has 1 N–H and O–H groups in total. The molecular formula is C10H8F5NO3. The molecule has 4 nitrogen and oxygen atoms in total. The van der Waals surface area contributed by atoms with Crippen molar-refractivity contribution in [3.63, 3.8) is 0 Å². The average Bonchev–Trinajstić information content (AvgIpc) is 2.26. The number of halogens is 5. The largest absolute Gasteiger partial charge is 0.461 e. The first-order valence-electron chi connectivity index (χ1n) is 4.98. The van der Waals surface area contributed by atoms with E-state index in [9.17, 15) is 31.5 Å². The fraction of sp³-hybridized carbons (Fsp3) is 0.400. The minimum Gasteiger partial charge on any atom is -0.461 e. The summed E-state index contributed by atoms with van der Waals surface area (Å²) in [6.45, 7) is 1.29. The van der Waals surface area contributed by atoms with Gasteiger partial charge in [0.05, 0.1) is 6.61 Å². The summed E-state index contributed by atoms with van der Waals surface area (Å²) in [7, 11) is 0. The maximum Gasteiger partial charge on any atom is 0.422 e. The van der Waals surface area contributed by atoms with Crippen molar-refractivity contribution in [3.05, 3.63) is 33.2 Å². The standard InChI is InChI=1S/C10H8F5NO3/c1-2-19-9(18)5-3-4(7(11)12)6(8(17)16-5)10(13,14)15/h3,7H,2H2,1H3,(H,16,17). The molecule has 0 amide bonds. The Kier molecular flexibility index (Phi) is 4.28. The Hall–Kier alpha value is -1.93. The minimum atomic E-state index is -5.24. The third kappa shape index (κ3) is 3.30. The molecular weight excluding hydrogens is 277 g/mol. The van der Waals surface area contributed by atoms with Crippen LogP contribution in [-0.4, -0.2) is 17.6 Å². The minimum absolute atomic E-state index is 0.119. The van der Waals surface area contributed by atoms with Crippen LogP contribution in [0.1, 0.15) is 35.0 Å². The molecule has 0 spiro atoms. The quantitative estimate of drug-likeness (QED) is 0.685. The zero-order valence-electron chi connectivity index (χ0n) is 9.48. The maximum absolute atomic E-state index is 12.6. The Balaban J connectivity index is 3.47. The molecule has 0 bridgehead atoms. The number of aromatic nitrogens is 1. The van der Waals surface area contributed by atoms with E-state index in [1.165, 1.54) is 6.92 Å². The number of aromatic amines is 1. The van der Waals surface area contributed by atoms with E-state index in [1.807, 2.05) is 0 Å². The molecule has 0 aromatic carbocycles. The van der Waals surface area contributed by atoms with Crippen LogP contribution in [0.4, 0.5) is 22.0 Å². The van der Waals surface area contributed by atoms with E-state index < -0.39 is 41.0 Å². The van der Waals surface area contributed by atoms with Gasteiger partial charge in [-0.05, 0) is 13.0 Å². The van der Waals surface area contributed by atoms with Gasteiger partial charge in [0.2, 0.25) is 0 Å². The predicted molar refractivity (Wildman–Crippen MR) is 53.0 cm³/mol. The van der Waals surface area contributed by atoms with Crippen LogP contribution in [0.15, 0.2) is 10.9 Å². The lowest BCUT2D eigenvalue weighted by Gasteiger charge is -2.12. The number of rotatable bonds is 3. The van der Waals surface area contributed by atoms with Crippen LogP contribution < -0.4 is 5.56 Å². The Bertz CT molecular complexity index is 535. The summed E-state index contributed by atoms with van der Waals surface area (Å²) in [5.74, 6) is -1.18. The Morgan fingerprint density at radius 1 is 1.42 bits per heavy atom. The van der Waals surface area contributed by atoms with Crippen molar-refractivity contribution < 1.29 is 31.5 Å². The summed E-state index contributed by atoms with van der Waals surface area (Å²) in [4.78, 5) is 24.0. The number of ether oxygens (including phenoxy) is 1. The van der Waals surface area contributed by atoms with Gasteiger partial charge >= 0.3 is 12.1 Å². The van der Waals surface area contributed by atoms with Crippen molar-refractivity contribution in [1.82, 2.24) is 4.98 Å². The smallest absolute Gasteiger partial charge is 0.422 e. The number of pyridine rings is 1. The second-order valence-corrected chi connectivity index (χ2v) is 3.36. The zero-order valence-corrected chi connectivity index (χ0v) is 9.48. The van der Waals surface area contributed by atoms with Gasteiger partial charge in [-0.25, -0.2) is 13.6 Å². The molecule has 1 rings (SSSR count). The van der Waals surface area contributed by atoms with Crippen molar-refractivity contribution >= 4 is 5.97 Å².